The highest BCUT2D eigenvalue weighted by atomic mass is 16.5. The summed E-state index contributed by atoms with van der Waals surface area (Å²) in [6.07, 6.45) is 0. The van der Waals surface area contributed by atoms with E-state index in [2.05, 4.69) is 0 Å². The summed E-state index contributed by atoms with van der Waals surface area (Å²) in [5, 5.41) is 0. The lowest BCUT2D eigenvalue weighted by atomic mass is 10.2. The highest BCUT2D eigenvalue weighted by Crippen LogP contribution is 2.23. The number of hydrogen-bond acceptors (Lipinski definition) is 3. The molecule has 100 valence electrons. The van der Waals surface area contributed by atoms with Crippen molar-refractivity contribution in [3.8, 4) is 17.2 Å². The Morgan fingerprint density at radius 1 is 0.842 bits per heavy atom. The molecule has 0 N–H and O–H groups in total. The Morgan fingerprint density at radius 2 is 1.58 bits per heavy atom. The maximum Gasteiger partial charge on any atom is 0.122 e. The van der Waals surface area contributed by atoms with Crippen molar-refractivity contribution in [2.24, 2.45) is 0 Å². The van der Waals surface area contributed by atoms with E-state index in [0.29, 0.717) is 13.2 Å². The highest BCUT2D eigenvalue weighted by Gasteiger charge is 2.01. The molecule has 0 bridgehead atoms. The number of para-hydroxylation sites is 1. The van der Waals surface area contributed by atoms with E-state index in [1.165, 1.54) is 0 Å². The van der Waals surface area contributed by atoms with Gasteiger partial charge in [-0.1, -0.05) is 18.2 Å². The third-order valence-corrected chi connectivity index (χ3v) is 2.73. The molecule has 2 aromatic carbocycles. The third-order valence-electron chi connectivity index (χ3n) is 2.73. The van der Waals surface area contributed by atoms with Gasteiger partial charge >= 0.3 is 0 Å². The highest BCUT2D eigenvalue weighted by molar-refractivity contribution is 5.39. The minimum Gasteiger partial charge on any atom is -0.497 e. The van der Waals surface area contributed by atoms with E-state index >= 15 is 0 Å². The Labute approximate surface area is 113 Å². The number of rotatable bonds is 6. The monoisotopic (exact) mass is 258 g/mol. The molecule has 0 amide bonds. The molecule has 0 heterocycles. The molecule has 0 fully saturated rings. The molecule has 2 aromatic rings. The lowest BCUT2D eigenvalue weighted by Crippen LogP contribution is -2.09. The summed E-state index contributed by atoms with van der Waals surface area (Å²) >= 11 is 0. The molecule has 0 aliphatic rings. The SMILES string of the molecule is COc1ccc(OCCOc2ccccc2)c(C)c1. The summed E-state index contributed by atoms with van der Waals surface area (Å²) in [5.41, 5.74) is 1.05. The van der Waals surface area contributed by atoms with Crippen molar-refractivity contribution >= 4 is 0 Å². The van der Waals surface area contributed by atoms with Crippen LogP contribution in [-0.2, 0) is 0 Å². The van der Waals surface area contributed by atoms with E-state index in [0.717, 1.165) is 22.8 Å². The van der Waals surface area contributed by atoms with Gasteiger partial charge in [0.2, 0.25) is 0 Å². The molecule has 0 aliphatic heterocycles. The van der Waals surface area contributed by atoms with Gasteiger partial charge in [0, 0.05) is 0 Å². The molecule has 3 nitrogen and oxygen atoms in total. The Morgan fingerprint density at radius 3 is 2.26 bits per heavy atom. The lowest BCUT2D eigenvalue weighted by Gasteiger charge is -2.11. The van der Waals surface area contributed by atoms with E-state index < -0.39 is 0 Å². The quantitative estimate of drug-likeness (QED) is 0.743. The van der Waals surface area contributed by atoms with Crippen LogP contribution in [0.3, 0.4) is 0 Å². The maximum atomic E-state index is 5.68. The van der Waals surface area contributed by atoms with Crippen LogP contribution in [0.1, 0.15) is 5.56 Å². The van der Waals surface area contributed by atoms with Crippen molar-refractivity contribution in [1.29, 1.82) is 0 Å². The van der Waals surface area contributed by atoms with Crippen molar-refractivity contribution in [1.82, 2.24) is 0 Å². The molecule has 19 heavy (non-hydrogen) atoms. The van der Waals surface area contributed by atoms with Crippen molar-refractivity contribution in [2.45, 2.75) is 6.92 Å². The number of methoxy groups -OCH3 is 1. The summed E-state index contributed by atoms with van der Waals surface area (Å²) in [4.78, 5) is 0. The standard InChI is InChI=1S/C16H18O3/c1-13-12-15(17-2)8-9-16(13)19-11-10-18-14-6-4-3-5-7-14/h3-9,12H,10-11H2,1-2H3. The van der Waals surface area contributed by atoms with Gasteiger partial charge in [-0.15, -0.1) is 0 Å². The minimum absolute atomic E-state index is 0.516. The van der Waals surface area contributed by atoms with Gasteiger partial charge in [0.25, 0.3) is 0 Å². The summed E-state index contributed by atoms with van der Waals surface area (Å²) in [7, 11) is 1.66. The fourth-order valence-corrected chi connectivity index (χ4v) is 1.74. The van der Waals surface area contributed by atoms with Crippen LogP contribution in [0.2, 0.25) is 0 Å². The van der Waals surface area contributed by atoms with Crippen LogP contribution in [-0.4, -0.2) is 20.3 Å². The Balaban J connectivity index is 1.80. The van der Waals surface area contributed by atoms with Crippen LogP contribution in [0.15, 0.2) is 48.5 Å². The zero-order chi connectivity index (χ0) is 13.5. The molecular weight excluding hydrogens is 240 g/mol. The average Bonchev–Trinajstić information content (AvgIpc) is 2.46. The number of ether oxygens (including phenoxy) is 3. The summed E-state index contributed by atoms with van der Waals surface area (Å²) < 4.78 is 16.4. The largest absolute Gasteiger partial charge is 0.497 e. The van der Waals surface area contributed by atoms with E-state index in [1.807, 2.05) is 55.5 Å². The molecule has 3 heteroatoms. The summed E-state index contributed by atoms with van der Waals surface area (Å²) in [6.45, 7) is 3.04. The third kappa shape index (κ3) is 3.91. The smallest absolute Gasteiger partial charge is 0.122 e. The molecule has 0 atom stereocenters. The van der Waals surface area contributed by atoms with Gasteiger partial charge in [-0.2, -0.15) is 0 Å². The molecular formula is C16H18O3. The maximum absolute atomic E-state index is 5.68. The number of aryl methyl sites for hydroxylation is 1. The zero-order valence-corrected chi connectivity index (χ0v) is 11.3. The second kappa shape index (κ2) is 6.69. The first-order valence-electron chi connectivity index (χ1n) is 6.25. The lowest BCUT2D eigenvalue weighted by molar-refractivity contribution is 0.216. The van der Waals surface area contributed by atoms with Crippen molar-refractivity contribution in [3.63, 3.8) is 0 Å². The molecule has 0 unspecified atom stereocenters. The molecule has 2 rings (SSSR count). The van der Waals surface area contributed by atoms with Crippen molar-refractivity contribution in [3.05, 3.63) is 54.1 Å². The molecule has 0 spiro atoms. The van der Waals surface area contributed by atoms with Crippen LogP contribution in [0, 0.1) is 6.92 Å². The van der Waals surface area contributed by atoms with Crippen molar-refractivity contribution in [2.75, 3.05) is 20.3 Å². The van der Waals surface area contributed by atoms with Gasteiger partial charge in [0.15, 0.2) is 0 Å². The fourth-order valence-electron chi connectivity index (χ4n) is 1.74. The van der Waals surface area contributed by atoms with Crippen LogP contribution >= 0.6 is 0 Å². The molecule has 0 saturated carbocycles. The van der Waals surface area contributed by atoms with E-state index in [-0.39, 0.29) is 0 Å². The van der Waals surface area contributed by atoms with Crippen LogP contribution in [0.4, 0.5) is 0 Å². The van der Waals surface area contributed by atoms with Gasteiger partial charge in [0.05, 0.1) is 7.11 Å². The summed E-state index contributed by atoms with van der Waals surface area (Å²) in [5.74, 6) is 2.56. The Kier molecular flexibility index (Phi) is 4.67. The van der Waals surface area contributed by atoms with Gasteiger partial charge in [0.1, 0.15) is 30.5 Å². The molecule has 0 saturated heterocycles. The molecule has 0 aliphatic carbocycles. The predicted molar refractivity (Wildman–Crippen MR) is 75.2 cm³/mol. The Hall–Kier alpha value is -2.16. The van der Waals surface area contributed by atoms with Crippen LogP contribution in [0.25, 0.3) is 0 Å². The van der Waals surface area contributed by atoms with Crippen LogP contribution < -0.4 is 14.2 Å². The normalized spacial score (nSPS) is 10.0. The van der Waals surface area contributed by atoms with E-state index in [1.54, 1.807) is 7.11 Å². The second-order valence-corrected chi connectivity index (χ2v) is 4.14. The second-order valence-electron chi connectivity index (χ2n) is 4.14. The van der Waals surface area contributed by atoms with Gasteiger partial charge in [-0.25, -0.2) is 0 Å². The zero-order valence-electron chi connectivity index (χ0n) is 11.3. The predicted octanol–water partition coefficient (Wildman–Crippen LogP) is 3.46. The van der Waals surface area contributed by atoms with Gasteiger partial charge in [-0.3, -0.25) is 0 Å². The summed E-state index contributed by atoms with van der Waals surface area (Å²) in [6, 6.07) is 15.5. The first-order chi connectivity index (χ1) is 9.29. The minimum atomic E-state index is 0.516. The first kappa shape index (κ1) is 13.3. The fraction of sp³-hybridized carbons (Fsp3) is 0.250. The Bertz CT molecular complexity index is 509. The molecule has 0 aromatic heterocycles. The van der Waals surface area contributed by atoms with Gasteiger partial charge in [-0.05, 0) is 42.8 Å². The topological polar surface area (TPSA) is 27.7 Å². The van der Waals surface area contributed by atoms with Crippen molar-refractivity contribution < 1.29 is 14.2 Å². The molecule has 0 radical (unpaired) electrons. The number of hydrogen-bond donors (Lipinski definition) is 0. The number of benzene rings is 2. The van der Waals surface area contributed by atoms with E-state index in [9.17, 15) is 0 Å². The van der Waals surface area contributed by atoms with Gasteiger partial charge < -0.3 is 14.2 Å². The first-order valence-corrected chi connectivity index (χ1v) is 6.25. The average molecular weight is 258 g/mol. The van der Waals surface area contributed by atoms with Crippen LogP contribution in [0.5, 0.6) is 17.2 Å². The van der Waals surface area contributed by atoms with E-state index in [4.69, 9.17) is 14.2 Å².